The number of carbonyl (C=O) groups is 1. The number of hydrogen-bond donors (Lipinski definition) is 1. The van der Waals surface area contributed by atoms with Gasteiger partial charge in [0, 0.05) is 5.69 Å². The maximum Gasteiger partial charge on any atom is 0.270 e. The zero-order valence-corrected chi connectivity index (χ0v) is 20.3. The van der Waals surface area contributed by atoms with Gasteiger partial charge in [-0.3, -0.25) is 9.36 Å². The van der Waals surface area contributed by atoms with Crippen LogP contribution < -0.4 is 5.32 Å². The zero-order chi connectivity index (χ0) is 24.2. The van der Waals surface area contributed by atoms with Gasteiger partial charge in [0.15, 0.2) is 0 Å². The molecule has 1 amide bonds. The van der Waals surface area contributed by atoms with Crippen molar-refractivity contribution in [2.75, 3.05) is 0 Å². The predicted molar refractivity (Wildman–Crippen MR) is 139 cm³/mol. The van der Waals surface area contributed by atoms with Crippen molar-refractivity contribution in [2.24, 2.45) is 0 Å². The Morgan fingerprint density at radius 1 is 0.971 bits per heavy atom. The Hall–Kier alpha value is -3.70. The fraction of sp³-hybridized carbons (Fsp3) is 0.267. The predicted octanol–water partition coefficient (Wildman–Crippen LogP) is 6.02. The maximum atomic E-state index is 13.2. The molecule has 4 aromatic rings. The third-order valence-corrected chi connectivity index (χ3v) is 6.65. The number of nitrogens with zero attached hydrogens (tertiary/aromatic N) is 2. The Labute approximate surface area is 206 Å². The highest BCUT2D eigenvalue weighted by Crippen LogP contribution is 2.26. The monoisotopic (exact) mass is 465 g/mol. The Kier molecular flexibility index (Phi) is 6.77. The molecule has 1 saturated carbocycles. The van der Waals surface area contributed by atoms with Crippen LogP contribution in [0.25, 0.3) is 16.8 Å². The summed E-state index contributed by atoms with van der Waals surface area (Å²) in [6, 6.07) is 25.0. The van der Waals surface area contributed by atoms with Crippen LogP contribution in [0.4, 0.5) is 0 Å². The van der Waals surface area contributed by atoms with Crippen molar-refractivity contribution < 1.29 is 9.53 Å². The lowest BCUT2D eigenvalue weighted by atomic mass is 10.0. The van der Waals surface area contributed by atoms with Gasteiger partial charge in [-0.05, 0) is 61.9 Å². The third-order valence-electron chi connectivity index (χ3n) is 6.65. The van der Waals surface area contributed by atoms with Crippen LogP contribution in [-0.2, 0) is 11.3 Å². The van der Waals surface area contributed by atoms with E-state index in [4.69, 9.17) is 4.74 Å². The van der Waals surface area contributed by atoms with Gasteiger partial charge in [0.2, 0.25) is 0 Å². The van der Waals surface area contributed by atoms with Crippen molar-refractivity contribution >= 4 is 5.91 Å². The molecule has 0 bridgehead atoms. The molecule has 3 aromatic carbocycles. The average molecular weight is 466 g/mol. The van der Waals surface area contributed by atoms with Gasteiger partial charge < -0.3 is 10.1 Å². The van der Waals surface area contributed by atoms with Crippen LogP contribution in [0.5, 0.6) is 0 Å². The summed E-state index contributed by atoms with van der Waals surface area (Å²) in [5.74, 6) is -0.124. The number of amides is 1. The number of hydrogen-bond acceptors (Lipinski definition) is 3. The molecule has 178 valence electrons. The van der Waals surface area contributed by atoms with Gasteiger partial charge in [0.1, 0.15) is 5.69 Å². The van der Waals surface area contributed by atoms with Crippen LogP contribution in [0.15, 0.2) is 85.3 Å². The first-order valence-electron chi connectivity index (χ1n) is 12.2. The average Bonchev–Trinajstić information content (AvgIpc) is 3.53. The molecule has 1 aliphatic carbocycles. The van der Waals surface area contributed by atoms with Gasteiger partial charge in [-0.1, -0.05) is 71.8 Å². The minimum absolute atomic E-state index is 0.00139. The molecular formula is C30H31N3O2. The van der Waals surface area contributed by atoms with E-state index in [1.54, 1.807) is 12.5 Å². The minimum Gasteiger partial charge on any atom is -0.371 e. The van der Waals surface area contributed by atoms with Crippen molar-refractivity contribution in [1.29, 1.82) is 0 Å². The van der Waals surface area contributed by atoms with E-state index in [-0.39, 0.29) is 18.1 Å². The van der Waals surface area contributed by atoms with Crippen molar-refractivity contribution in [3.05, 3.63) is 108 Å². The number of imidazole rings is 1. The molecular weight excluding hydrogens is 434 g/mol. The quantitative estimate of drug-likeness (QED) is 0.363. The Morgan fingerprint density at radius 2 is 1.71 bits per heavy atom. The van der Waals surface area contributed by atoms with Crippen LogP contribution in [0.2, 0.25) is 0 Å². The summed E-state index contributed by atoms with van der Waals surface area (Å²) >= 11 is 0. The largest absolute Gasteiger partial charge is 0.371 e. The molecule has 5 nitrogen and oxygen atoms in total. The number of benzene rings is 3. The summed E-state index contributed by atoms with van der Waals surface area (Å²) in [4.78, 5) is 17.5. The first kappa shape index (κ1) is 23.1. The maximum absolute atomic E-state index is 13.2. The number of rotatable bonds is 7. The summed E-state index contributed by atoms with van der Waals surface area (Å²) < 4.78 is 8.01. The molecule has 0 radical (unpaired) electrons. The van der Waals surface area contributed by atoms with E-state index in [9.17, 15) is 4.79 Å². The smallest absolute Gasteiger partial charge is 0.270 e. The fourth-order valence-corrected chi connectivity index (χ4v) is 4.94. The zero-order valence-electron chi connectivity index (χ0n) is 20.3. The summed E-state index contributed by atoms with van der Waals surface area (Å²) in [6.07, 6.45) is 6.26. The van der Waals surface area contributed by atoms with Crippen molar-refractivity contribution in [3.8, 4) is 16.8 Å². The van der Waals surface area contributed by atoms with Gasteiger partial charge in [-0.15, -0.1) is 0 Å². The van der Waals surface area contributed by atoms with Crippen LogP contribution in [-0.4, -0.2) is 27.6 Å². The topological polar surface area (TPSA) is 56.2 Å². The summed E-state index contributed by atoms with van der Waals surface area (Å²) in [5, 5.41) is 3.20. The SMILES string of the molecule is Cc1cc(C)cc(-c2ccc(-n3cncc3C(=O)NC3CCC[C@H]3OCc3ccccc3)cc2)c1. The molecule has 2 atom stereocenters. The Balaban J connectivity index is 1.27. The van der Waals surface area contributed by atoms with Gasteiger partial charge in [0.05, 0.1) is 31.3 Å². The lowest BCUT2D eigenvalue weighted by molar-refractivity contribution is 0.0271. The first-order valence-corrected chi connectivity index (χ1v) is 12.2. The molecule has 1 unspecified atom stereocenters. The normalized spacial score (nSPS) is 17.4. The number of aromatic nitrogens is 2. The summed E-state index contributed by atoms with van der Waals surface area (Å²) in [7, 11) is 0. The lowest BCUT2D eigenvalue weighted by Crippen LogP contribution is -2.41. The second-order valence-corrected chi connectivity index (χ2v) is 9.42. The lowest BCUT2D eigenvalue weighted by Gasteiger charge is -2.22. The van der Waals surface area contributed by atoms with E-state index in [2.05, 4.69) is 66.6 Å². The van der Waals surface area contributed by atoms with Gasteiger partial charge in [-0.25, -0.2) is 4.98 Å². The van der Waals surface area contributed by atoms with Crippen LogP contribution in [0.1, 0.15) is 46.4 Å². The van der Waals surface area contributed by atoms with Gasteiger partial charge >= 0.3 is 0 Å². The Morgan fingerprint density at radius 3 is 2.46 bits per heavy atom. The molecule has 5 rings (SSSR count). The standard InChI is InChI=1S/C30H31N3O2/c1-21-15-22(2)17-25(16-21)24-11-13-26(14-12-24)33-20-31-18-28(33)30(34)32-27-9-6-10-29(27)35-19-23-7-4-3-5-8-23/h3-5,7-8,11-18,20,27,29H,6,9-10,19H2,1-2H3,(H,32,34)/t27?,29-/m1/s1. The molecule has 0 aliphatic heterocycles. The second-order valence-electron chi connectivity index (χ2n) is 9.42. The van der Waals surface area contributed by atoms with Crippen molar-refractivity contribution in [2.45, 2.75) is 51.9 Å². The van der Waals surface area contributed by atoms with Gasteiger partial charge in [-0.2, -0.15) is 0 Å². The van der Waals surface area contributed by atoms with E-state index in [0.29, 0.717) is 12.3 Å². The molecule has 1 fully saturated rings. The number of ether oxygens (including phenoxy) is 1. The number of nitrogens with one attached hydrogen (secondary N) is 1. The summed E-state index contributed by atoms with van der Waals surface area (Å²) in [5.41, 5.74) is 7.41. The molecule has 1 N–H and O–H groups in total. The Bertz CT molecular complexity index is 1270. The highest BCUT2D eigenvalue weighted by Gasteiger charge is 2.30. The molecule has 1 heterocycles. The minimum atomic E-state index is -0.124. The number of aryl methyl sites for hydroxylation is 2. The molecule has 0 spiro atoms. The highest BCUT2D eigenvalue weighted by molar-refractivity contribution is 5.93. The van der Waals surface area contributed by atoms with Crippen LogP contribution in [0.3, 0.4) is 0 Å². The van der Waals surface area contributed by atoms with Crippen LogP contribution in [0, 0.1) is 13.8 Å². The van der Waals surface area contributed by atoms with E-state index in [1.807, 2.05) is 34.9 Å². The molecule has 0 saturated heterocycles. The van der Waals surface area contributed by atoms with Crippen LogP contribution >= 0.6 is 0 Å². The fourth-order valence-electron chi connectivity index (χ4n) is 4.94. The van der Waals surface area contributed by atoms with E-state index in [1.165, 1.54) is 16.7 Å². The van der Waals surface area contributed by atoms with E-state index < -0.39 is 0 Å². The molecule has 1 aliphatic rings. The first-order chi connectivity index (χ1) is 17.1. The molecule has 35 heavy (non-hydrogen) atoms. The number of carbonyl (C=O) groups excluding carboxylic acids is 1. The molecule has 5 heteroatoms. The summed E-state index contributed by atoms with van der Waals surface area (Å²) in [6.45, 7) is 4.79. The second kappa shape index (κ2) is 10.3. The van der Waals surface area contributed by atoms with Crippen molar-refractivity contribution in [3.63, 3.8) is 0 Å². The van der Waals surface area contributed by atoms with Crippen molar-refractivity contribution in [1.82, 2.24) is 14.9 Å². The van der Waals surface area contributed by atoms with E-state index in [0.717, 1.165) is 36.1 Å². The van der Waals surface area contributed by atoms with E-state index >= 15 is 0 Å². The van der Waals surface area contributed by atoms with Gasteiger partial charge in [0.25, 0.3) is 5.91 Å². The highest BCUT2D eigenvalue weighted by atomic mass is 16.5. The molecule has 1 aromatic heterocycles. The third kappa shape index (κ3) is 5.36.